The van der Waals surface area contributed by atoms with Gasteiger partial charge in [0.05, 0.1) is 10.5 Å². The van der Waals surface area contributed by atoms with E-state index in [2.05, 4.69) is 21.2 Å². The maximum atomic E-state index is 13.2. The first-order valence-corrected chi connectivity index (χ1v) is 6.42. The van der Waals surface area contributed by atoms with Gasteiger partial charge in [-0.05, 0) is 40.2 Å². The van der Waals surface area contributed by atoms with E-state index in [1.54, 1.807) is 0 Å². The van der Waals surface area contributed by atoms with E-state index >= 15 is 0 Å². The Morgan fingerprint density at radius 1 is 1.33 bits per heavy atom. The Morgan fingerprint density at radius 2 is 2.05 bits per heavy atom. The van der Waals surface area contributed by atoms with Crippen molar-refractivity contribution in [2.24, 2.45) is 0 Å². The van der Waals surface area contributed by atoms with Gasteiger partial charge in [-0.25, -0.2) is 4.39 Å². The number of nitrogens with one attached hydrogen (secondary N) is 1. The summed E-state index contributed by atoms with van der Waals surface area (Å²) < 4.78 is 13.5. The molecule has 0 aliphatic carbocycles. The first-order chi connectivity index (χ1) is 9.90. The number of halogens is 2. The number of nitro benzene ring substituents is 1. The molecule has 0 aliphatic heterocycles. The van der Waals surface area contributed by atoms with Crippen LogP contribution in [0.2, 0.25) is 0 Å². The van der Waals surface area contributed by atoms with Crippen LogP contribution in [0.25, 0.3) is 0 Å². The topological polar surface area (TPSA) is 92.5 Å². The molecule has 0 fully saturated rings. The van der Waals surface area contributed by atoms with E-state index in [0.29, 0.717) is 4.47 Å². The smallest absolute Gasteiger partial charge is 0.296 e. The molecular formula is C13H8BrFN2O4. The predicted molar refractivity (Wildman–Crippen MR) is 76.8 cm³/mol. The fraction of sp³-hybridized carbons (Fsp3) is 0. The fourth-order valence-electron chi connectivity index (χ4n) is 1.66. The van der Waals surface area contributed by atoms with Gasteiger partial charge in [-0.3, -0.25) is 14.9 Å². The Bertz CT molecular complexity index is 736. The van der Waals surface area contributed by atoms with Crippen LogP contribution in [0.15, 0.2) is 40.9 Å². The number of rotatable bonds is 3. The number of phenolic OH excluding ortho intramolecular Hbond substituents is 1. The van der Waals surface area contributed by atoms with E-state index < -0.39 is 28.1 Å². The van der Waals surface area contributed by atoms with Crippen LogP contribution in [0, 0.1) is 15.9 Å². The molecule has 6 nitrogen and oxygen atoms in total. The zero-order chi connectivity index (χ0) is 15.6. The van der Waals surface area contributed by atoms with Gasteiger partial charge in [0.25, 0.3) is 11.6 Å². The lowest BCUT2D eigenvalue weighted by molar-refractivity contribution is -0.384. The monoisotopic (exact) mass is 354 g/mol. The zero-order valence-electron chi connectivity index (χ0n) is 10.3. The van der Waals surface area contributed by atoms with Gasteiger partial charge in [0.2, 0.25) is 0 Å². The maximum absolute atomic E-state index is 13.2. The summed E-state index contributed by atoms with van der Waals surface area (Å²) in [5.41, 5.74) is -0.855. The van der Waals surface area contributed by atoms with Crippen LogP contribution in [-0.4, -0.2) is 15.9 Å². The van der Waals surface area contributed by atoms with Gasteiger partial charge in [-0.2, -0.15) is 0 Å². The van der Waals surface area contributed by atoms with Gasteiger partial charge in [0, 0.05) is 10.5 Å². The van der Waals surface area contributed by atoms with Crippen LogP contribution >= 0.6 is 15.9 Å². The minimum atomic E-state index is -0.786. The summed E-state index contributed by atoms with van der Waals surface area (Å²) >= 11 is 3.09. The summed E-state index contributed by atoms with van der Waals surface area (Å²) in [5, 5.41) is 22.8. The lowest BCUT2D eigenvalue weighted by Gasteiger charge is -2.09. The number of aromatic hydroxyl groups is 1. The molecule has 21 heavy (non-hydrogen) atoms. The third-order valence-electron chi connectivity index (χ3n) is 2.63. The molecular weight excluding hydrogens is 347 g/mol. The van der Waals surface area contributed by atoms with E-state index in [9.17, 15) is 24.4 Å². The van der Waals surface area contributed by atoms with Crippen LogP contribution in [0.1, 0.15) is 10.4 Å². The van der Waals surface area contributed by atoms with E-state index in [4.69, 9.17) is 0 Å². The Kier molecular flexibility index (Phi) is 4.18. The highest BCUT2D eigenvalue weighted by Gasteiger charge is 2.21. The van der Waals surface area contributed by atoms with Crippen LogP contribution in [0.4, 0.5) is 15.8 Å². The minimum Gasteiger partial charge on any atom is -0.505 e. The molecule has 8 heteroatoms. The molecule has 108 valence electrons. The number of benzene rings is 2. The minimum absolute atomic E-state index is 0.0486. The van der Waals surface area contributed by atoms with Gasteiger partial charge in [0.15, 0.2) is 5.69 Å². The van der Waals surface area contributed by atoms with Crippen LogP contribution < -0.4 is 5.32 Å². The number of phenols is 1. The summed E-state index contributed by atoms with van der Waals surface area (Å²) in [5.74, 6) is -1.87. The third kappa shape index (κ3) is 3.16. The molecule has 0 aliphatic rings. The van der Waals surface area contributed by atoms with Crippen LogP contribution in [0.5, 0.6) is 5.75 Å². The predicted octanol–water partition coefficient (Wildman–Crippen LogP) is 3.45. The molecule has 0 atom stereocenters. The average Bonchev–Trinajstić information content (AvgIpc) is 2.43. The first kappa shape index (κ1) is 14.9. The van der Waals surface area contributed by atoms with Gasteiger partial charge >= 0.3 is 0 Å². The molecule has 2 aromatic rings. The molecule has 0 spiro atoms. The molecule has 1 amide bonds. The van der Waals surface area contributed by atoms with Gasteiger partial charge in [-0.15, -0.1) is 0 Å². The SMILES string of the molecule is O=C(Nc1c(O)cccc1[N+](=O)[O-])c1cc(F)ccc1Br. The molecule has 0 radical (unpaired) electrons. The summed E-state index contributed by atoms with van der Waals surface area (Å²) in [6.45, 7) is 0. The Morgan fingerprint density at radius 3 is 2.71 bits per heavy atom. The number of carbonyl (C=O) groups excluding carboxylic acids is 1. The molecule has 0 unspecified atom stereocenters. The second-order valence-corrected chi connectivity index (χ2v) is 4.86. The van der Waals surface area contributed by atoms with E-state index in [1.165, 1.54) is 18.2 Å². The molecule has 0 bridgehead atoms. The number of nitro groups is 1. The van der Waals surface area contributed by atoms with Crippen molar-refractivity contribution in [3.8, 4) is 5.75 Å². The quantitative estimate of drug-likeness (QED) is 0.501. The van der Waals surface area contributed by atoms with Crippen LogP contribution in [-0.2, 0) is 0 Å². The summed E-state index contributed by atoms with van der Waals surface area (Å²) in [7, 11) is 0. The molecule has 2 rings (SSSR count). The van der Waals surface area contributed by atoms with E-state index in [0.717, 1.165) is 18.2 Å². The zero-order valence-corrected chi connectivity index (χ0v) is 11.9. The Balaban J connectivity index is 2.41. The Hall–Kier alpha value is -2.48. The molecule has 2 aromatic carbocycles. The van der Waals surface area contributed by atoms with Gasteiger partial charge in [-0.1, -0.05) is 6.07 Å². The summed E-state index contributed by atoms with van der Waals surface area (Å²) in [4.78, 5) is 22.2. The summed E-state index contributed by atoms with van der Waals surface area (Å²) in [6, 6.07) is 7.08. The maximum Gasteiger partial charge on any atom is 0.296 e. The Labute approximate surface area is 126 Å². The van der Waals surface area contributed by atoms with E-state index in [-0.39, 0.29) is 11.3 Å². The molecule has 2 N–H and O–H groups in total. The van der Waals surface area contributed by atoms with Crippen molar-refractivity contribution in [2.45, 2.75) is 0 Å². The highest BCUT2D eigenvalue weighted by atomic mass is 79.9. The fourth-order valence-corrected chi connectivity index (χ4v) is 2.09. The van der Waals surface area contributed by atoms with Crippen molar-refractivity contribution >= 4 is 33.2 Å². The number of nitrogens with zero attached hydrogens (tertiary/aromatic N) is 1. The number of amides is 1. The largest absolute Gasteiger partial charge is 0.505 e. The van der Waals surface area contributed by atoms with Crippen molar-refractivity contribution in [2.75, 3.05) is 5.32 Å². The second kappa shape index (κ2) is 5.88. The number of carbonyl (C=O) groups is 1. The molecule has 0 aromatic heterocycles. The van der Waals surface area contributed by atoms with E-state index in [1.807, 2.05) is 0 Å². The number of anilines is 1. The molecule has 0 saturated heterocycles. The highest BCUT2D eigenvalue weighted by Crippen LogP contribution is 2.33. The highest BCUT2D eigenvalue weighted by molar-refractivity contribution is 9.10. The second-order valence-electron chi connectivity index (χ2n) is 4.01. The van der Waals surface area contributed by atoms with Crippen molar-refractivity contribution in [1.29, 1.82) is 0 Å². The van der Waals surface area contributed by atoms with Crippen molar-refractivity contribution < 1.29 is 19.2 Å². The average molecular weight is 355 g/mol. The van der Waals surface area contributed by atoms with Crippen LogP contribution in [0.3, 0.4) is 0 Å². The van der Waals surface area contributed by atoms with Crippen molar-refractivity contribution in [1.82, 2.24) is 0 Å². The van der Waals surface area contributed by atoms with Crippen molar-refractivity contribution in [3.05, 3.63) is 62.4 Å². The van der Waals surface area contributed by atoms with Gasteiger partial charge < -0.3 is 10.4 Å². The number of hydrogen-bond acceptors (Lipinski definition) is 4. The number of hydrogen-bond donors (Lipinski definition) is 2. The normalized spacial score (nSPS) is 10.2. The van der Waals surface area contributed by atoms with Crippen molar-refractivity contribution in [3.63, 3.8) is 0 Å². The lowest BCUT2D eigenvalue weighted by Crippen LogP contribution is -2.14. The molecule has 0 saturated carbocycles. The number of para-hydroxylation sites is 1. The standard InChI is InChI=1S/C13H8BrFN2O4/c14-9-5-4-7(15)6-8(9)13(19)16-12-10(17(20)21)2-1-3-11(12)18/h1-6,18H,(H,16,19). The first-order valence-electron chi connectivity index (χ1n) is 5.63. The summed E-state index contributed by atoms with van der Waals surface area (Å²) in [6.07, 6.45) is 0. The third-order valence-corrected chi connectivity index (χ3v) is 3.32. The molecule has 0 heterocycles. The lowest BCUT2D eigenvalue weighted by atomic mass is 10.2. The van der Waals surface area contributed by atoms with Gasteiger partial charge in [0.1, 0.15) is 11.6 Å².